The van der Waals surface area contributed by atoms with Crippen LogP contribution in [0.25, 0.3) is 0 Å². The first-order valence-electron chi connectivity index (χ1n) is 5.87. The van der Waals surface area contributed by atoms with Crippen LogP contribution in [0.3, 0.4) is 0 Å². The van der Waals surface area contributed by atoms with E-state index in [1.54, 1.807) is 0 Å². The van der Waals surface area contributed by atoms with Crippen molar-refractivity contribution in [2.45, 2.75) is 33.1 Å². The minimum absolute atomic E-state index is 0.557. The Morgan fingerprint density at radius 1 is 1.50 bits per heavy atom. The smallest absolute Gasteiger partial charge is 0.144 e. The normalized spacial score (nSPS) is 13.6. The van der Waals surface area contributed by atoms with Crippen LogP contribution in [-0.4, -0.2) is 11.5 Å². The van der Waals surface area contributed by atoms with Crippen LogP contribution in [0.5, 0.6) is 0 Å². The maximum absolute atomic E-state index is 9.08. The molecule has 0 amide bonds. The number of aryl methyl sites for hydroxylation is 2. The van der Waals surface area contributed by atoms with Gasteiger partial charge in [0.1, 0.15) is 11.9 Å². The highest BCUT2D eigenvalue weighted by Crippen LogP contribution is 2.24. The van der Waals surface area contributed by atoms with Crippen molar-refractivity contribution in [1.82, 2.24) is 4.98 Å². The van der Waals surface area contributed by atoms with E-state index in [0.29, 0.717) is 11.5 Å². The fourth-order valence-electron chi connectivity index (χ4n) is 1.99. The van der Waals surface area contributed by atoms with Gasteiger partial charge < -0.3 is 5.32 Å². The number of nitriles is 1. The topological polar surface area (TPSA) is 48.7 Å². The quantitative estimate of drug-likeness (QED) is 0.842. The molecule has 1 heterocycles. The van der Waals surface area contributed by atoms with Crippen molar-refractivity contribution >= 4 is 5.82 Å². The van der Waals surface area contributed by atoms with E-state index in [4.69, 9.17) is 5.26 Å². The van der Waals surface area contributed by atoms with Gasteiger partial charge in [0.25, 0.3) is 0 Å². The molecular formula is C13H17N3. The third-order valence-electron chi connectivity index (χ3n) is 2.85. The van der Waals surface area contributed by atoms with Crippen molar-refractivity contribution < 1.29 is 0 Å². The molecule has 84 valence electrons. The summed E-state index contributed by atoms with van der Waals surface area (Å²) in [4.78, 5) is 4.56. The van der Waals surface area contributed by atoms with E-state index < -0.39 is 0 Å². The molecule has 0 fully saturated rings. The van der Waals surface area contributed by atoms with E-state index in [1.807, 2.05) is 6.07 Å². The van der Waals surface area contributed by atoms with Crippen molar-refractivity contribution in [3.8, 4) is 6.07 Å². The number of hydrogen-bond acceptors (Lipinski definition) is 3. The molecule has 0 aliphatic heterocycles. The van der Waals surface area contributed by atoms with Crippen LogP contribution in [0.15, 0.2) is 6.07 Å². The summed E-state index contributed by atoms with van der Waals surface area (Å²) in [6.07, 6.45) is 3.29. The maximum atomic E-state index is 9.08. The highest BCUT2D eigenvalue weighted by Gasteiger charge is 2.16. The summed E-state index contributed by atoms with van der Waals surface area (Å²) in [6.45, 7) is 5.15. The third-order valence-corrected chi connectivity index (χ3v) is 2.85. The van der Waals surface area contributed by atoms with Gasteiger partial charge in [-0.2, -0.15) is 5.26 Å². The van der Waals surface area contributed by atoms with Crippen LogP contribution < -0.4 is 5.32 Å². The summed E-state index contributed by atoms with van der Waals surface area (Å²) in [7, 11) is 0. The first-order chi connectivity index (χ1) is 7.70. The van der Waals surface area contributed by atoms with Gasteiger partial charge in [-0.25, -0.2) is 4.98 Å². The molecule has 3 heteroatoms. The van der Waals surface area contributed by atoms with Crippen molar-refractivity contribution in [3.63, 3.8) is 0 Å². The number of hydrogen-bond donors (Lipinski definition) is 1. The van der Waals surface area contributed by atoms with Crippen LogP contribution in [0.4, 0.5) is 5.82 Å². The van der Waals surface area contributed by atoms with Gasteiger partial charge in [-0.1, -0.05) is 13.8 Å². The maximum Gasteiger partial charge on any atom is 0.144 e. The van der Waals surface area contributed by atoms with Gasteiger partial charge >= 0.3 is 0 Å². The van der Waals surface area contributed by atoms with Crippen molar-refractivity contribution in [1.29, 1.82) is 5.26 Å². The van der Waals surface area contributed by atoms with Crippen LogP contribution in [0.2, 0.25) is 0 Å². The third kappa shape index (κ3) is 2.16. The molecule has 0 saturated heterocycles. The van der Waals surface area contributed by atoms with Crippen LogP contribution in [0.1, 0.15) is 37.1 Å². The second kappa shape index (κ2) is 4.52. The zero-order valence-electron chi connectivity index (χ0n) is 9.88. The zero-order valence-corrected chi connectivity index (χ0v) is 9.88. The molecule has 0 spiro atoms. The fourth-order valence-corrected chi connectivity index (χ4v) is 1.99. The Balaban J connectivity index is 2.26. The Morgan fingerprint density at radius 2 is 2.31 bits per heavy atom. The number of aromatic nitrogens is 1. The summed E-state index contributed by atoms with van der Waals surface area (Å²) in [5.74, 6) is 1.32. The first kappa shape index (κ1) is 10.9. The number of nitrogens with zero attached hydrogens (tertiary/aromatic N) is 2. The van der Waals surface area contributed by atoms with Gasteiger partial charge in [0.15, 0.2) is 0 Å². The molecule has 16 heavy (non-hydrogen) atoms. The van der Waals surface area contributed by atoms with Crippen LogP contribution >= 0.6 is 0 Å². The second-order valence-corrected chi connectivity index (χ2v) is 4.73. The molecule has 0 atom stereocenters. The fraction of sp³-hybridized carbons (Fsp3) is 0.538. The molecule has 1 aromatic heterocycles. The molecule has 1 N–H and O–H groups in total. The second-order valence-electron chi connectivity index (χ2n) is 4.73. The van der Waals surface area contributed by atoms with Gasteiger partial charge in [-0.15, -0.1) is 0 Å². The molecular weight excluding hydrogens is 198 g/mol. The van der Waals surface area contributed by atoms with Gasteiger partial charge in [-0.05, 0) is 36.8 Å². The number of fused-ring (bicyclic) bond motifs is 1. The van der Waals surface area contributed by atoms with E-state index in [-0.39, 0.29) is 0 Å². The Hall–Kier alpha value is -1.56. The first-order valence-corrected chi connectivity index (χ1v) is 5.87. The highest BCUT2D eigenvalue weighted by atomic mass is 15.0. The predicted molar refractivity (Wildman–Crippen MR) is 64.3 cm³/mol. The average molecular weight is 215 g/mol. The van der Waals surface area contributed by atoms with Crippen LogP contribution in [-0.2, 0) is 12.8 Å². The molecule has 2 rings (SSSR count). The zero-order chi connectivity index (χ0) is 11.5. The SMILES string of the molecule is CC(C)CNc1nc2c(cc1C#N)CCC2. The Bertz CT molecular complexity index is 430. The summed E-state index contributed by atoms with van der Waals surface area (Å²) in [5.41, 5.74) is 3.11. The lowest BCUT2D eigenvalue weighted by atomic mass is 10.1. The number of pyridine rings is 1. The van der Waals surface area contributed by atoms with Gasteiger partial charge in [-0.3, -0.25) is 0 Å². The van der Waals surface area contributed by atoms with E-state index in [9.17, 15) is 0 Å². The lowest BCUT2D eigenvalue weighted by Crippen LogP contribution is -2.11. The van der Waals surface area contributed by atoms with Crippen molar-refractivity contribution in [2.75, 3.05) is 11.9 Å². The molecule has 0 saturated carbocycles. The molecule has 3 nitrogen and oxygen atoms in total. The van der Waals surface area contributed by atoms with Gasteiger partial charge in [0.2, 0.25) is 0 Å². The average Bonchev–Trinajstić information content (AvgIpc) is 2.71. The summed E-state index contributed by atoms with van der Waals surface area (Å²) < 4.78 is 0. The van der Waals surface area contributed by atoms with Gasteiger partial charge in [0, 0.05) is 12.2 Å². The molecule has 0 aromatic carbocycles. The monoisotopic (exact) mass is 215 g/mol. The Kier molecular flexibility index (Phi) is 3.09. The summed E-state index contributed by atoms with van der Waals surface area (Å²) in [6, 6.07) is 4.22. The molecule has 1 aliphatic rings. The van der Waals surface area contributed by atoms with E-state index in [1.165, 1.54) is 17.7 Å². The Morgan fingerprint density at radius 3 is 3.00 bits per heavy atom. The van der Waals surface area contributed by atoms with Crippen molar-refractivity contribution in [2.24, 2.45) is 5.92 Å². The van der Waals surface area contributed by atoms with Crippen molar-refractivity contribution in [3.05, 3.63) is 22.9 Å². The number of nitrogens with one attached hydrogen (secondary N) is 1. The van der Waals surface area contributed by atoms with E-state index in [0.717, 1.165) is 25.2 Å². The summed E-state index contributed by atoms with van der Waals surface area (Å²) >= 11 is 0. The van der Waals surface area contributed by atoms with E-state index in [2.05, 4.69) is 30.2 Å². The van der Waals surface area contributed by atoms with Crippen LogP contribution in [0, 0.1) is 17.2 Å². The lowest BCUT2D eigenvalue weighted by molar-refractivity contribution is 0.686. The molecule has 1 aromatic rings. The van der Waals surface area contributed by atoms with E-state index >= 15 is 0 Å². The molecule has 0 radical (unpaired) electrons. The number of anilines is 1. The number of rotatable bonds is 3. The minimum Gasteiger partial charge on any atom is -0.369 e. The molecule has 1 aliphatic carbocycles. The standard InChI is InChI=1S/C13H17N3/c1-9(2)8-15-13-11(7-14)6-10-4-3-5-12(10)16-13/h6,9H,3-5,8H2,1-2H3,(H,15,16). The Labute approximate surface area is 96.5 Å². The lowest BCUT2D eigenvalue weighted by Gasteiger charge is -2.11. The molecule has 0 bridgehead atoms. The minimum atomic E-state index is 0.557. The van der Waals surface area contributed by atoms with Gasteiger partial charge in [0.05, 0.1) is 5.56 Å². The summed E-state index contributed by atoms with van der Waals surface area (Å²) in [5, 5.41) is 12.3. The predicted octanol–water partition coefficient (Wildman–Crippen LogP) is 2.51. The largest absolute Gasteiger partial charge is 0.369 e. The molecule has 0 unspecified atom stereocenters. The highest BCUT2D eigenvalue weighted by molar-refractivity contribution is 5.55.